The molecule has 0 aromatic heterocycles. The standard InChI is InChI=1S/C10H26N4Si2/c1-13(15(3,4)5)11-9-10-12-14(2)16(6,7)8/h9-10H,1-8H3. The van der Waals surface area contributed by atoms with E-state index in [9.17, 15) is 0 Å². The Kier molecular flexibility index (Phi) is 5.41. The fraction of sp³-hybridized carbons (Fsp3) is 0.800. The van der Waals surface area contributed by atoms with Gasteiger partial charge in [0.2, 0.25) is 0 Å². The van der Waals surface area contributed by atoms with Crippen LogP contribution in [-0.2, 0) is 0 Å². The number of hydrogen-bond acceptors (Lipinski definition) is 4. The number of rotatable bonds is 5. The maximum Gasteiger partial charge on any atom is 0.168 e. The second kappa shape index (κ2) is 5.63. The zero-order chi connectivity index (χ0) is 13.0. The van der Waals surface area contributed by atoms with Gasteiger partial charge in [-0.05, 0) is 0 Å². The van der Waals surface area contributed by atoms with Crippen molar-refractivity contribution in [3.63, 3.8) is 0 Å². The normalized spacial score (nSPS) is 13.8. The molecule has 0 saturated heterocycles. The summed E-state index contributed by atoms with van der Waals surface area (Å²) in [5.74, 6) is 0. The summed E-state index contributed by atoms with van der Waals surface area (Å²) in [5, 5.41) is 8.72. The van der Waals surface area contributed by atoms with Crippen molar-refractivity contribution in [2.75, 3.05) is 14.1 Å². The highest BCUT2D eigenvalue weighted by Crippen LogP contribution is 2.06. The van der Waals surface area contributed by atoms with Gasteiger partial charge in [0.05, 0.1) is 12.4 Å². The van der Waals surface area contributed by atoms with Gasteiger partial charge in [-0.2, -0.15) is 10.2 Å². The molecule has 4 nitrogen and oxygen atoms in total. The molecule has 0 spiro atoms. The van der Waals surface area contributed by atoms with E-state index in [1.54, 1.807) is 12.4 Å². The molecule has 0 rings (SSSR count). The predicted octanol–water partition coefficient (Wildman–Crippen LogP) is 2.49. The van der Waals surface area contributed by atoms with Crippen LogP contribution in [0.25, 0.3) is 0 Å². The van der Waals surface area contributed by atoms with Gasteiger partial charge in [0.1, 0.15) is 0 Å². The lowest BCUT2D eigenvalue weighted by Crippen LogP contribution is -2.40. The van der Waals surface area contributed by atoms with Crippen molar-refractivity contribution in [3.8, 4) is 0 Å². The number of hydrogen-bond donors (Lipinski definition) is 0. The highest BCUT2D eigenvalue weighted by atomic mass is 28.3. The van der Waals surface area contributed by atoms with E-state index < -0.39 is 16.5 Å². The second-order valence-electron chi connectivity index (χ2n) is 5.92. The molecule has 94 valence electrons. The average Bonchev–Trinajstić information content (AvgIpc) is 2.08. The van der Waals surface area contributed by atoms with Gasteiger partial charge in [-0.1, -0.05) is 39.3 Å². The summed E-state index contributed by atoms with van der Waals surface area (Å²) in [6.07, 6.45) is 3.55. The van der Waals surface area contributed by atoms with E-state index >= 15 is 0 Å². The van der Waals surface area contributed by atoms with Gasteiger partial charge in [0.25, 0.3) is 0 Å². The monoisotopic (exact) mass is 258 g/mol. The van der Waals surface area contributed by atoms with Crippen LogP contribution < -0.4 is 0 Å². The van der Waals surface area contributed by atoms with Crippen molar-refractivity contribution >= 4 is 28.9 Å². The summed E-state index contributed by atoms with van der Waals surface area (Å²) in [7, 11) is 1.44. The minimum Gasteiger partial charge on any atom is -0.328 e. The summed E-state index contributed by atoms with van der Waals surface area (Å²) < 4.78 is 4.13. The Morgan fingerprint density at radius 2 is 0.938 bits per heavy atom. The maximum atomic E-state index is 4.36. The molecular weight excluding hydrogens is 232 g/mol. The van der Waals surface area contributed by atoms with E-state index in [2.05, 4.69) is 58.8 Å². The van der Waals surface area contributed by atoms with E-state index in [0.717, 1.165) is 0 Å². The molecular formula is C10H26N4Si2. The van der Waals surface area contributed by atoms with Gasteiger partial charge in [-0.25, -0.2) is 0 Å². The van der Waals surface area contributed by atoms with Crippen LogP contribution in [0.3, 0.4) is 0 Å². The molecule has 0 aromatic rings. The third kappa shape index (κ3) is 6.07. The van der Waals surface area contributed by atoms with Crippen LogP contribution in [0.1, 0.15) is 0 Å². The van der Waals surface area contributed by atoms with E-state index in [-0.39, 0.29) is 0 Å². The first-order chi connectivity index (χ1) is 7.05. The molecule has 0 aliphatic carbocycles. The zero-order valence-corrected chi connectivity index (χ0v) is 13.9. The van der Waals surface area contributed by atoms with Crippen molar-refractivity contribution < 1.29 is 0 Å². The van der Waals surface area contributed by atoms with E-state index in [4.69, 9.17) is 0 Å². The van der Waals surface area contributed by atoms with Gasteiger partial charge in [0.15, 0.2) is 16.5 Å². The third-order valence-electron chi connectivity index (χ3n) is 2.49. The highest BCUT2D eigenvalue weighted by molar-refractivity contribution is 6.73. The first kappa shape index (κ1) is 15.4. The fourth-order valence-electron chi connectivity index (χ4n) is 0.606. The predicted molar refractivity (Wildman–Crippen MR) is 79.2 cm³/mol. The summed E-state index contributed by atoms with van der Waals surface area (Å²) in [4.78, 5) is 0. The molecule has 6 heteroatoms. The van der Waals surface area contributed by atoms with Gasteiger partial charge < -0.3 is 9.35 Å². The molecule has 16 heavy (non-hydrogen) atoms. The lowest BCUT2D eigenvalue weighted by atomic mass is 10.8. The molecule has 0 N–H and O–H groups in total. The van der Waals surface area contributed by atoms with Crippen molar-refractivity contribution in [1.82, 2.24) is 9.35 Å². The third-order valence-corrected chi connectivity index (χ3v) is 6.60. The summed E-state index contributed by atoms with van der Waals surface area (Å²) in [5.41, 5.74) is 0. The summed E-state index contributed by atoms with van der Waals surface area (Å²) >= 11 is 0. The Balaban J connectivity index is 4.26. The second-order valence-corrected chi connectivity index (χ2v) is 15.9. The zero-order valence-electron chi connectivity index (χ0n) is 11.9. The van der Waals surface area contributed by atoms with Gasteiger partial charge in [0, 0.05) is 14.1 Å². The molecule has 0 bridgehead atoms. The number of nitrogens with zero attached hydrogens (tertiary/aromatic N) is 4. The van der Waals surface area contributed by atoms with Gasteiger partial charge in [-0.3, -0.25) is 0 Å². The van der Waals surface area contributed by atoms with Crippen LogP contribution in [0, 0.1) is 0 Å². The Morgan fingerprint density at radius 3 is 1.12 bits per heavy atom. The minimum absolute atomic E-state index is 1.31. The molecule has 0 radical (unpaired) electrons. The van der Waals surface area contributed by atoms with Crippen molar-refractivity contribution in [3.05, 3.63) is 0 Å². The SMILES string of the molecule is CN(N=CC=NN(C)[Si](C)(C)C)[Si](C)(C)C. The largest absolute Gasteiger partial charge is 0.328 e. The van der Waals surface area contributed by atoms with Gasteiger partial charge >= 0.3 is 0 Å². The van der Waals surface area contributed by atoms with Crippen LogP contribution in [0.4, 0.5) is 0 Å². The lowest BCUT2D eigenvalue weighted by Gasteiger charge is -2.27. The average molecular weight is 259 g/mol. The molecule has 0 amide bonds. The Morgan fingerprint density at radius 1 is 0.688 bits per heavy atom. The van der Waals surface area contributed by atoms with Crippen molar-refractivity contribution in [2.45, 2.75) is 39.3 Å². The first-order valence-electron chi connectivity index (χ1n) is 5.59. The molecule has 0 atom stereocenters. The minimum atomic E-state index is -1.31. The maximum absolute atomic E-state index is 4.36. The van der Waals surface area contributed by atoms with Crippen molar-refractivity contribution in [1.29, 1.82) is 0 Å². The molecule has 0 heterocycles. The van der Waals surface area contributed by atoms with E-state index in [1.165, 1.54) is 0 Å². The topological polar surface area (TPSA) is 31.2 Å². The van der Waals surface area contributed by atoms with E-state index in [1.807, 2.05) is 14.1 Å². The molecule has 0 aliphatic heterocycles. The van der Waals surface area contributed by atoms with Crippen LogP contribution in [0.5, 0.6) is 0 Å². The molecule has 0 aromatic carbocycles. The molecule has 0 aliphatic rings. The molecule has 0 unspecified atom stereocenters. The Hall–Kier alpha value is -0.626. The van der Waals surface area contributed by atoms with Crippen LogP contribution in [0.2, 0.25) is 39.3 Å². The van der Waals surface area contributed by atoms with Gasteiger partial charge in [-0.15, -0.1) is 0 Å². The fourth-order valence-corrected chi connectivity index (χ4v) is 1.43. The van der Waals surface area contributed by atoms with Crippen LogP contribution in [0.15, 0.2) is 10.2 Å². The molecule has 0 fully saturated rings. The molecule has 0 saturated carbocycles. The summed E-state index contributed by atoms with van der Waals surface area (Å²) in [6.45, 7) is 13.6. The smallest absolute Gasteiger partial charge is 0.168 e. The quantitative estimate of drug-likeness (QED) is 0.431. The Bertz CT molecular complexity index is 235. The van der Waals surface area contributed by atoms with Crippen molar-refractivity contribution in [2.24, 2.45) is 10.2 Å². The lowest BCUT2D eigenvalue weighted by molar-refractivity contribution is 0.548. The Labute approximate surface area is 102 Å². The van der Waals surface area contributed by atoms with E-state index in [0.29, 0.717) is 0 Å². The summed E-state index contributed by atoms with van der Waals surface area (Å²) in [6, 6.07) is 0. The first-order valence-corrected chi connectivity index (χ1v) is 12.5. The van der Waals surface area contributed by atoms with Crippen LogP contribution in [-0.4, -0.2) is 52.3 Å². The highest BCUT2D eigenvalue weighted by Gasteiger charge is 2.19. The number of hydrazone groups is 2. The van der Waals surface area contributed by atoms with Crippen LogP contribution >= 0.6 is 0 Å².